The van der Waals surface area contributed by atoms with Crippen LogP contribution in [0.15, 0.2) is 0 Å². The van der Waals surface area contributed by atoms with Gasteiger partial charge in [0.05, 0.1) is 25.4 Å². The number of ether oxygens (including phenoxy) is 2. The van der Waals surface area contributed by atoms with Gasteiger partial charge in [0, 0.05) is 12.8 Å². The van der Waals surface area contributed by atoms with Gasteiger partial charge in [0.2, 0.25) is 0 Å². The molecule has 0 aromatic rings. The molecule has 2 atom stereocenters. The normalized spacial score (nSPS) is 13.1. The van der Waals surface area contributed by atoms with E-state index in [1.807, 2.05) is 13.8 Å². The summed E-state index contributed by atoms with van der Waals surface area (Å²) >= 11 is 0. The van der Waals surface area contributed by atoms with Crippen LogP contribution in [0.1, 0.15) is 104 Å². The monoisotopic (exact) mass is 402 g/mol. The van der Waals surface area contributed by atoms with Crippen molar-refractivity contribution in [3.05, 3.63) is 0 Å². The molecule has 0 aromatic heterocycles. The Balaban J connectivity index is 3.39. The molecule has 28 heavy (non-hydrogen) atoms. The molecule has 0 fully saturated rings. The van der Waals surface area contributed by atoms with Crippen molar-refractivity contribution in [3.8, 4) is 0 Å². The quantitative estimate of drug-likeness (QED) is 0.247. The first-order valence-electron chi connectivity index (χ1n) is 11.2. The molecule has 0 heterocycles. The molecule has 2 N–H and O–H groups in total. The number of unbranched alkanes of at least 4 members (excludes halogenated alkanes) is 5. The summed E-state index contributed by atoms with van der Waals surface area (Å²) in [6.07, 6.45) is 10.2. The molecule has 0 rings (SSSR count). The Labute approximate surface area is 171 Å². The van der Waals surface area contributed by atoms with Crippen LogP contribution in [0, 0.1) is 0 Å². The summed E-state index contributed by atoms with van der Waals surface area (Å²) in [4.78, 5) is 23.2. The molecule has 0 saturated heterocycles. The molecular weight excluding hydrogens is 360 g/mol. The van der Waals surface area contributed by atoms with Gasteiger partial charge in [0.15, 0.2) is 0 Å². The topological polar surface area (TPSA) is 93.1 Å². The van der Waals surface area contributed by atoms with Crippen molar-refractivity contribution in [1.29, 1.82) is 0 Å². The highest BCUT2D eigenvalue weighted by atomic mass is 16.5. The van der Waals surface area contributed by atoms with Gasteiger partial charge in [0.25, 0.3) is 0 Å². The SMILES string of the molecule is CCC(O)CCCCCOC(=O)CCCCC(=O)OCCCCCC(O)CC. The standard InChI is InChI=1S/C22H42O6/c1-3-19(23)13-7-5-11-17-27-21(25)15-9-10-16-22(26)28-18-12-6-8-14-20(24)4-2/h19-20,23-24H,3-18H2,1-2H3. The molecule has 0 spiro atoms. The lowest BCUT2D eigenvalue weighted by Gasteiger charge is -2.08. The van der Waals surface area contributed by atoms with Gasteiger partial charge in [-0.25, -0.2) is 0 Å². The van der Waals surface area contributed by atoms with Crippen molar-refractivity contribution in [2.75, 3.05) is 13.2 Å². The zero-order valence-corrected chi connectivity index (χ0v) is 18.0. The van der Waals surface area contributed by atoms with Crippen LogP contribution in [0.3, 0.4) is 0 Å². The number of carbonyl (C=O) groups excluding carboxylic acids is 2. The van der Waals surface area contributed by atoms with Gasteiger partial charge in [-0.05, 0) is 64.2 Å². The predicted octanol–water partition coefficient (Wildman–Crippen LogP) is 4.30. The molecule has 0 aliphatic carbocycles. The van der Waals surface area contributed by atoms with E-state index in [0.29, 0.717) is 38.9 Å². The van der Waals surface area contributed by atoms with Crippen LogP contribution in [0.4, 0.5) is 0 Å². The number of aliphatic hydroxyl groups is 2. The summed E-state index contributed by atoms with van der Waals surface area (Å²) in [7, 11) is 0. The van der Waals surface area contributed by atoms with Crippen molar-refractivity contribution < 1.29 is 29.3 Å². The van der Waals surface area contributed by atoms with Crippen LogP contribution < -0.4 is 0 Å². The van der Waals surface area contributed by atoms with Gasteiger partial charge < -0.3 is 19.7 Å². The van der Waals surface area contributed by atoms with Crippen molar-refractivity contribution in [3.63, 3.8) is 0 Å². The van der Waals surface area contributed by atoms with Gasteiger partial charge in [-0.3, -0.25) is 9.59 Å². The van der Waals surface area contributed by atoms with Gasteiger partial charge in [-0.15, -0.1) is 0 Å². The Kier molecular flexibility index (Phi) is 18.4. The highest BCUT2D eigenvalue weighted by molar-refractivity contribution is 5.70. The van der Waals surface area contributed by atoms with Crippen LogP contribution in [-0.4, -0.2) is 47.6 Å². The Bertz CT molecular complexity index is 349. The zero-order chi connectivity index (χ0) is 21.0. The summed E-state index contributed by atoms with van der Waals surface area (Å²) in [6.45, 7) is 4.79. The van der Waals surface area contributed by atoms with Crippen molar-refractivity contribution in [2.45, 2.75) is 116 Å². The summed E-state index contributed by atoms with van der Waals surface area (Å²) in [5.74, 6) is -0.424. The first-order chi connectivity index (χ1) is 13.5. The fourth-order valence-electron chi connectivity index (χ4n) is 2.78. The third-order valence-electron chi connectivity index (χ3n) is 4.84. The van der Waals surface area contributed by atoms with E-state index < -0.39 is 0 Å². The minimum Gasteiger partial charge on any atom is -0.466 e. The first kappa shape index (κ1) is 26.9. The first-order valence-corrected chi connectivity index (χ1v) is 11.2. The van der Waals surface area contributed by atoms with E-state index in [-0.39, 0.29) is 24.1 Å². The van der Waals surface area contributed by atoms with Gasteiger partial charge in [-0.1, -0.05) is 26.7 Å². The molecule has 0 aliphatic rings. The maximum atomic E-state index is 11.6. The van der Waals surface area contributed by atoms with Crippen molar-refractivity contribution in [1.82, 2.24) is 0 Å². The minimum absolute atomic E-state index is 0.212. The van der Waals surface area contributed by atoms with E-state index >= 15 is 0 Å². The second-order valence-electron chi connectivity index (χ2n) is 7.47. The maximum absolute atomic E-state index is 11.6. The third-order valence-corrected chi connectivity index (χ3v) is 4.84. The molecule has 2 unspecified atom stereocenters. The van der Waals surface area contributed by atoms with Crippen LogP contribution >= 0.6 is 0 Å². The van der Waals surface area contributed by atoms with Gasteiger partial charge >= 0.3 is 11.9 Å². The summed E-state index contributed by atoms with van der Waals surface area (Å²) < 4.78 is 10.3. The maximum Gasteiger partial charge on any atom is 0.305 e. The lowest BCUT2D eigenvalue weighted by atomic mass is 10.1. The Morgan fingerprint density at radius 2 is 1.04 bits per heavy atom. The summed E-state index contributed by atoms with van der Waals surface area (Å²) in [5.41, 5.74) is 0. The number of aliphatic hydroxyl groups excluding tert-OH is 2. The van der Waals surface area contributed by atoms with Gasteiger partial charge in [0.1, 0.15) is 0 Å². The van der Waals surface area contributed by atoms with E-state index in [1.165, 1.54) is 0 Å². The van der Waals surface area contributed by atoms with E-state index in [9.17, 15) is 19.8 Å². The van der Waals surface area contributed by atoms with E-state index in [4.69, 9.17) is 9.47 Å². The highest BCUT2D eigenvalue weighted by Crippen LogP contribution is 2.09. The lowest BCUT2D eigenvalue weighted by molar-refractivity contribution is -0.146. The van der Waals surface area contributed by atoms with Crippen LogP contribution in [0.25, 0.3) is 0 Å². The number of hydrogen-bond acceptors (Lipinski definition) is 6. The third kappa shape index (κ3) is 18.2. The number of hydrogen-bond donors (Lipinski definition) is 2. The Morgan fingerprint density at radius 3 is 1.39 bits per heavy atom. The minimum atomic E-state index is -0.214. The predicted molar refractivity (Wildman–Crippen MR) is 110 cm³/mol. The number of esters is 2. The molecule has 6 nitrogen and oxygen atoms in total. The molecule has 0 aliphatic heterocycles. The van der Waals surface area contributed by atoms with Crippen molar-refractivity contribution in [2.24, 2.45) is 0 Å². The number of rotatable bonds is 19. The fourth-order valence-corrected chi connectivity index (χ4v) is 2.78. The second-order valence-corrected chi connectivity index (χ2v) is 7.47. The zero-order valence-electron chi connectivity index (χ0n) is 18.0. The Hall–Kier alpha value is -1.14. The van der Waals surface area contributed by atoms with Crippen LogP contribution in [0.2, 0.25) is 0 Å². The fraction of sp³-hybridized carbons (Fsp3) is 0.909. The average Bonchev–Trinajstić information content (AvgIpc) is 2.69. The van der Waals surface area contributed by atoms with Crippen molar-refractivity contribution >= 4 is 11.9 Å². The van der Waals surface area contributed by atoms with Crippen LogP contribution in [-0.2, 0) is 19.1 Å². The molecule has 0 saturated carbocycles. The largest absolute Gasteiger partial charge is 0.466 e. The van der Waals surface area contributed by atoms with Gasteiger partial charge in [-0.2, -0.15) is 0 Å². The van der Waals surface area contributed by atoms with E-state index in [2.05, 4.69) is 0 Å². The molecule has 0 amide bonds. The number of carbonyl (C=O) groups is 2. The highest BCUT2D eigenvalue weighted by Gasteiger charge is 2.07. The molecule has 0 bridgehead atoms. The summed E-state index contributed by atoms with van der Waals surface area (Å²) in [5, 5.41) is 18.9. The second kappa shape index (κ2) is 19.2. The molecule has 0 radical (unpaired) electrons. The molecule has 6 heteroatoms. The molecule has 166 valence electrons. The van der Waals surface area contributed by atoms with E-state index in [0.717, 1.165) is 64.2 Å². The molecule has 0 aromatic carbocycles. The smallest absolute Gasteiger partial charge is 0.305 e. The van der Waals surface area contributed by atoms with E-state index in [1.54, 1.807) is 0 Å². The lowest BCUT2D eigenvalue weighted by Crippen LogP contribution is -2.08. The molecular formula is C22H42O6. The summed E-state index contributed by atoms with van der Waals surface area (Å²) in [6, 6.07) is 0. The van der Waals surface area contributed by atoms with Crippen LogP contribution in [0.5, 0.6) is 0 Å². The Morgan fingerprint density at radius 1 is 0.643 bits per heavy atom. The average molecular weight is 403 g/mol.